The van der Waals surface area contributed by atoms with Crippen molar-refractivity contribution in [3.8, 4) is 5.88 Å². The Bertz CT molecular complexity index is 453. The van der Waals surface area contributed by atoms with Gasteiger partial charge in [0.05, 0.1) is 31.4 Å². The van der Waals surface area contributed by atoms with Crippen molar-refractivity contribution in [3.05, 3.63) is 22.9 Å². The maximum atomic E-state index is 12.8. The van der Waals surface area contributed by atoms with E-state index < -0.39 is 12.4 Å². The number of pyridine rings is 1. The molecule has 0 amide bonds. The van der Waals surface area contributed by atoms with E-state index in [0.717, 1.165) is 0 Å². The highest BCUT2D eigenvalue weighted by atomic mass is 19.3. The highest BCUT2D eigenvalue weighted by Gasteiger charge is 2.20. The predicted octanol–water partition coefficient (Wildman–Crippen LogP) is 1.59. The third-order valence-corrected chi connectivity index (χ3v) is 2.45. The first-order chi connectivity index (χ1) is 9.03. The van der Waals surface area contributed by atoms with Gasteiger partial charge in [0.2, 0.25) is 5.88 Å². The molecule has 0 aliphatic heterocycles. The van der Waals surface area contributed by atoms with E-state index in [0.29, 0.717) is 11.3 Å². The number of esters is 1. The molecule has 0 aromatic carbocycles. The van der Waals surface area contributed by atoms with Crippen molar-refractivity contribution in [1.82, 2.24) is 4.98 Å². The van der Waals surface area contributed by atoms with E-state index in [9.17, 15) is 13.6 Å². The number of ether oxygens (including phenoxy) is 2. The largest absolute Gasteiger partial charge is 0.481 e. The lowest BCUT2D eigenvalue weighted by molar-refractivity contribution is -0.142. The van der Waals surface area contributed by atoms with E-state index in [1.54, 1.807) is 6.92 Å². The number of methoxy groups -OCH3 is 1. The first-order valence-electron chi connectivity index (χ1n) is 5.73. The zero-order chi connectivity index (χ0) is 14.4. The number of hydrogen-bond acceptors (Lipinski definition) is 5. The third kappa shape index (κ3) is 3.85. The summed E-state index contributed by atoms with van der Waals surface area (Å²) in [5.41, 5.74) is 5.82. The summed E-state index contributed by atoms with van der Waals surface area (Å²) in [7, 11) is 1.24. The average molecular weight is 274 g/mol. The van der Waals surface area contributed by atoms with E-state index in [2.05, 4.69) is 4.98 Å². The summed E-state index contributed by atoms with van der Waals surface area (Å²) in [5, 5.41) is 0. The second-order valence-corrected chi connectivity index (χ2v) is 3.68. The van der Waals surface area contributed by atoms with E-state index in [4.69, 9.17) is 15.2 Å². The molecule has 0 saturated carbocycles. The summed E-state index contributed by atoms with van der Waals surface area (Å²) in [6, 6.07) is 1.21. The minimum absolute atomic E-state index is 0.00541. The normalized spacial score (nSPS) is 10.6. The van der Waals surface area contributed by atoms with Gasteiger partial charge in [-0.1, -0.05) is 0 Å². The van der Waals surface area contributed by atoms with Gasteiger partial charge in [0.25, 0.3) is 6.43 Å². The van der Waals surface area contributed by atoms with Crippen LogP contribution >= 0.6 is 0 Å². The van der Waals surface area contributed by atoms with E-state index in [1.165, 1.54) is 13.2 Å². The van der Waals surface area contributed by atoms with Gasteiger partial charge in [0.1, 0.15) is 0 Å². The van der Waals surface area contributed by atoms with Crippen molar-refractivity contribution in [3.63, 3.8) is 0 Å². The molecule has 5 nitrogen and oxygen atoms in total. The molecular weight excluding hydrogens is 258 g/mol. The van der Waals surface area contributed by atoms with Crippen molar-refractivity contribution in [2.75, 3.05) is 13.7 Å². The number of carbonyl (C=O) groups excluding carboxylic acids is 1. The quantitative estimate of drug-likeness (QED) is 0.797. The number of halogens is 2. The van der Waals surface area contributed by atoms with Gasteiger partial charge < -0.3 is 15.2 Å². The second-order valence-electron chi connectivity index (χ2n) is 3.68. The molecule has 1 rings (SSSR count). The number of alkyl halides is 2. The molecule has 0 radical (unpaired) electrons. The van der Waals surface area contributed by atoms with E-state index in [-0.39, 0.29) is 31.0 Å². The van der Waals surface area contributed by atoms with Gasteiger partial charge in [-0.25, -0.2) is 13.8 Å². The van der Waals surface area contributed by atoms with Crippen LogP contribution in [0.15, 0.2) is 6.07 Å². The number of aromatic nitrogens is 1. The molecule has 1 heterocycles. The summed E-state index contributed by atoms with van der Waals surface area (Å²) >= 11 is 0. The van der Waals surface area contributed by atoms with Gasteiger partial charge in [0.15, 0.2) is 0 Å². The summed E-state index contributed by atoms with van der Waals surface area (Å²) in [5.74, 6) is -0.692. The molecule has 0 unspecified atom stereocenters. The van der Waals surface area contributed by atoms with Crippen LogP contribution in [0, 0.1) is 0 Å². The molecule has 7 heteroatoms. The highest BCUT2D eigenvalue weighted by Crippen LogP contribution is 2.29. The SMILES string of the molecule is CCOC(=O)Cc1nc(OC)c(C(F)F)cc1CN. The minimum atomic E-state index is -2.72. The van der Waals surface area contributed by atoms with Gasteiger partial charge in [-0.2, -0.15) is 0 Å². The predicted molar refractivity (Wildman–Crippen MR) is 64.0 cm³/mol. The van der Waals surface area contributed by atoms with Crippen molar-refractivity contribution in [1.29, 1.82) is 0 Å². The Morgan fingerprint density at radius 2 is 2.21 bits per heavy atom. The average Bonchev–Trinajstić information content (AvgIpc) is 2.38. The van der Waals surface area contributed by atoms with Gasteiger partial charge >= 0.3 is 5.97 Å². The summed E-state index contributed by atoms with van der Waals surface area (Å²) in [6.07, 6.45) is -2.84. The molecule has 19 heavy (non-hydrogen) atoms. The molecule has 0 fully saturated rings. The maximum absolute atomic E-state index is 12.8. The molecule has 1 aromatic heterocycles. The lowest BCUT2D eigenvalue weighted by Gasteiger charge is -2.12. The van der Waals surface area contributed by atoms with Gasteiger partial charge in [-0.15, -0.1) is 0 Å². The van der Waals surface area contributed by atoms with Crippen LogP contribution in [0.3, 0.4) is 0 Å². The number of rotatable bonds is 6. The Hall–Kier alpha value is -1.76. The fraction of sp³-hybridized carbons (Fsp3) is 0.500. The van der Waals surface area contributed by atoms with Gasteiger partial charge in [-0.3, -0.25) is 4.79 Å². The first kappa shape index (κ1) is 15.3. The minimum Gasteiger partial charge on any atom is -0.481 e. The number of nitrogens with zero attached hydrogens (tertiary/aromatic N) is 1. The Morgan fingerprint density at radius 1 is 1.53 bits per heavy atom. The Labute approximate surface area is 109 Å². The second kappa shape index (κ2) is 6.98. The van der Waals surface area contributed by atoms with Crippen molar-refractivity contribution >= 4 is 5.97 Å². The van der Waals surface area contributed by atoms with Gasteiger partial charge in [-0.05, 0) is 18.6 Å². The van der Waals surface area contributed by atoms with E-state index >= 15 is 0 Å². The Morgan fingerprint density at radius 3 is 2.68 bits per heavy atom. The molecule has 0 atom stereocenters. The third-order valence-electron chi connectivity index (χ3n) is 2.45. The van der Waals surface area contributed by atoms with Crippen LogP contribution in [0.1, 0.15) is 30.2 Å². The molecule has 0 spiro atoms. The van der Waals surface area contributed by atoms with Crippen LogP contribution in [0.25, 0.3) is 0 Å². The Kier molecular flexibility index (Phi) is 5.62. The first-order valence-corrected chi connectivity index (χ1v) is 5.73. The van der Waals surface area contributed by atoms with Crippen LogP contribution in [-0.4, -0.2) is 24.7 Å². The monoisotopic (exact) mass is 274 g/mol. The summed E-state index contributed by atoms with van der Waals surface area (Å²) in [6.45, 7) is 1.92. The fourth-order valence-corrected chi connectivity index (χ4v) is 1.59. The molecule has 106 valence electrons. The molecule has 0 aliphatic carbocycles. The molecular formula is C12H16F2N2O3. The highest BCUT2D eigenvalue weighted by molar-refractivity contribution is 5.72. The van der Waals surface area contributed by atoms with Crippen LogP contribution < -0.4 is 10.5 Å². The summed E-state index contributed by atoms with van der Waals surface area (Å²) in [4.78, 5) is 15.3. The zero-order valence-corrected chi connectivity index (χ0v) is 10.8. The lowest BCUT2D eigenvalue weighted by atomic mass is 10.1. The molecule has 0 bridgehead atoms. The zero-order valence-electron chi connectivity index (χ0n) is 10.8. The van der Waals surface area contributed by atoms with Gasteiger partial charge in [0, 0.05) is 6.54 Å². The van der Waals surface area contributed by atoms with Crippen LogP contribution in [0.4, 0.5) is 8.78 Å². The van der Waals surface area contributed by atoms with Crippen LogP contribution in [0.2, 0.25) is 0 Å². The van der Waals surface area contributed by atoms with Crippen LogP contribution in [0.5, 0.6) is 5.88 Å². The smallest absolute Gasteiger partial charge is 0.311 e. The lowest BCUT2D eigenvalue weighted by Crippen LogP contribution is -2.14. The molecule has 1 aromatic rings. The Balaban J connectivity index is 3.13. The maximum Gasteiger partial charge on any atom is 0.311 e. The van der Waals surface area contributed by atoms with E-state index in [1.807, 2.05) is 0 Å². The number of carbonyl (C=O) groups is 1. The van der Waals surface area contributed by atoms with Crippen LogP contribution in [-0.2, 0) is 22.5 Å². The number of nitrogens with two attached hydrogens (primary N) is 1. The van der Waals surface area contributed by atoms with Crippen molar-refractivity contribution in [2.45, 2.75) is 26.3 Å². The van der Waals surface area contributed by atoms with Crippen molar-refractivity contribution in [2.24, 2.45) is 5.73 Å². The van der Waals surface area contributed by atoms with Crippen molar-refractivity contribution < 1.29 is 23.0 Å². The molecule has 0 saturated heterocycles. The molecule has 2 N–H and O–H groups in total. The fourth-order valence-electron chi connectivity index (χ4n) is 1.59. The standard InChI is InChI=1S/C12H16F2N2O3/c1-3-19-10(17)5-9-7(6-15)4-8(11(13)14)12(16-9)18-2/h4,11H,3,5-6,15H2,1-2H3. The molecule has 0 aliphatic rings. The summed E-state index contributed by atoms with van der Waals surface area (Å²) < 4.78 is 35.2. The number of hydrogen-bond donors (Lipinski definition) is 1. The topological polar surface area (TPSA) is 74.4 Å².